The molecule has 0 radical (unpaired) electrons. The Kier molecular flexibility index (Phi) is 7.57. The van der Waals surface area contributed by atoms with Gasteiger partial charge < -0.3 is 14.0 Å². The van der Waals surface area contributed by atoms with Gasteiger partial charge in [-0.3, -0.25) is 4.79 Å². The van der Waals surface area contributed by atoms with Crippen LogP contribution in [0.5, 0.6) is 0 Å². The number of benzene rings is 2. The average Bonchev–Trinajstić information content (AvgIpc) is 3.25. The molecule has 3 rings (SSSR count). The van der Waals surface area contributed by atoms with Gasteiger partial charge in [0.2, 0.25) is 5.78 Å². The quantitative estimate of drug-likeness (QED) is 0.370. The lowest BCUT2D eigenvalue weighted by Crippen LogP contribution is -2.21. The highest BCUT2D eigenvalue weighted by Crippen LogP contribution is 2.14. The smallest absolute Gasteiger partial charge is 0.334 e. The molecule has 0 bridgehead atoms. The minimum Gasteiger partial charge on any atom is -0.467 e. The lowest BCUT2D eigenvalue weighted by Gasteiger charge is -2.11. The van der Waals surface area contributed by atoms with Crippen molar-refractivity contribution in [3.05, 3.63) is 101 Å². The average molecular weight is 418 g/mol. The molecule has 5 nitrogen and oxygen atoms in total. The van der Waals surface area contributed by atoms with Crippen LogP contribution in [0.2, 0.25) is 0 Å². The fourth-order valence-electron chi connectivity index (χ4n) is 3.18. The van der Waals surface area contributed by atoms with E-state index in [9.17, 15) is 9.59 Å². The summed E-state index contributed by atoms with van der Waals surface area (Å²) in [4.78, 5) is 24.3. The summed E-state index contributed by atoms with van der Waals surface area (Å²) >= 11 is 0. The summed E-state index contributed by atoms with van der Waals surface area (Å²) in [6, 6.07) is 19.2. The van der Waals surface area contributed by atoms with Gasteiger partial charge in [0, 0.05) is 18.3 Å². The highest BCUT2D eigenvalue weighted by Gasteiger charge is 2.14. The second kappa shape index (κ2) is 10.5. The number of carbonyl (C=O) groups excluding carboxylic acids is 2. The van der Waals surface area contributed by atoms with Crippen molar-refractivity contribution in [3.63, 3.8) is 0 Å². The molecule has 3 aromatic rings. The molecule has 1 atom stereocenters. The molecule has 0 N–H and O–H groups in total. The Morgan fingerprint density at radius 2 is 1.84 bits per heavy atom. The third-order valence-corrected chi connectivity index (χ3v) is 4.97. The van der Waals surface area contributed by atoms with Crippen LogP contribution in [-0.2, 0) is 27.4 Å². The number of allylic oxidation sites excluding steroid dienone is 1. The van der Waals surface area contributed by atoms with Gasteiger partial charge in [0.15, 0.2) is 6.10 Å². The van der Waals surface area contributed by atoms with Crippen LogP contribution in [0.1, 0.15) is 39.7 Å². The van der Waals surface area contributed by atoms with Crippen molar-refractivity contribution in [2.45, 2.75) is 33.1 Å². The molecule has 0 unspecified atom stereocenters. The molecular weight excluding hydrogens is 390 g/mol. The molecule has 0 saturated heterocycles. The maximum Gasteiger partial charge on any atom is 0.334 e. The monoisotopic (exact) mass is 417 g/mol. The molecule has 0 aliphatic heterocycles. The van der Waals surface area contributed by atoms with Crippen LogP contribution in [0.15, 0.2) is 72.9 Å². The fourth-order valence-corrected chi connectivity index (χ4v) is 3.18. The van der Waals surface area contributed by atoms with E-state index in [0.29, 0.717) is 24.4 Å². The molecule has 0 fully saturated rings. The number of ether oxygens (including phenoxy) is 2. The lowest BCUT2D eigenvalue weighted by atomic mass is 10.1. The fraction of sp³-hybridized carbons (Fsp3) is 0.231. The van der Waals surface area contributed by atoms with Crippen LogP contribution in [0.3, 0.4) is 0 Å². The molecule has 1 heterocycles. The van der Waals surface area contributed by atoms with Gasteiger partial charge in [0.05, 0.1) is 19.4 Å². The highest BCUT2D eigenvalue weighted by atomic mass is 16.6. The van der Waals surface area contributed by atoms with Gasteiger partial charge in [0.25, 0.3) is 0 Å². The van der Waals surface area contributed by atoms with Crippen molar-refractivity contribution in [2.24, 2.45) is 0 Å². The number of methoxy groups -OCH3 is 1. The first kappa shape index (κ1) is 22.2. The van der Waals surface area contributed by atoms with Crippen LogP contribution < -0.4 is 0 Å². The van der Waals surface area contributed by atoms with Gasteiger partial charge in [-0.25, -0.2) is 4.79 Å². The van der Waals surface area contributed by atoms with Crippen molar-refractivity contribution < 1.29 is 19.1 Å². The van der Waals surface area contributed by atoms with Gasteiger partial charge in [-0.2, -0.15) is 0 Å². The van der Waals surface area contributed by atoms with Crippen molar-refractivity contribution in [1.82, 2.24) is 4.57 Å². The molecule has 31 heavy (non-hydrogen) atoms. The number of ketones is 1. The van der Waals surface area contributed by atoms with E-state index in [0.717, 1.165) is 16.7 Å². The maximum absolute atomic E-state index is 12.8. The zero-order chi connectivity index (χ0) is 22.2. The third-order valence-electron chi connectivity index (χ3n) is 4.97. The Morgan fingerprint density at radius 3 is 2.58 bits per heavy atom. The number of hydrogen-bond donors (Lipinski definition) is 0. The van der Waals surface area contributed by atoms with Crippen molar-refractivity contribution in [3.8, 4) is 0 Å². The molecule has 1 aromatic heterocycles. The Hall–Kier alpha value is -3.44. The van der Waals surface area contributed by atoms with Crippen LogP contribution in [0.25, 0.3) is 6.08 Å². The van der Waals surface area contributed by atoms with Crippen LogP contribution in [0.4, 0.5) is 0 Å². The minimum absolute atomic E-state index is 0.0114. The Bertz CT molecular complexity index is 1060. The third kappa shape index (κ3) is 6.03. The molecule has 0 saturated carbocycles. The largest absolute Gasteiger partial charge is 0.467 e. The molecule has 0 amide bonds. The summed E-state index contributed by atoms with van der Waals surface area (Å²) in [5, 5.41) is 0. The summed E-state index contributed by atoms with van der Waals surface area (Å²) in [6.45, 7) is 4.58. The van der Waals surface area contributed by atoms with Crippen molar-refractivity contribution >= 4 is 17.8 Å². The first-order valence-electron chi connectivity index (χ1n) is 10.2. The van der Waals surface area contributed by atoms with Crippen molar-refractivity contribution in [1.29, 1.82) is 0 Å². The van der Waals surface area contributed by atoms with E-state index < -0.39 is 12.1 Å². The lowest BCUT2D eigenvalue weighted by molar-refractivity contribution is -0.153. The van der Waals surface area contributed by atoms with Gasteiger partial charge in [0.1, 0.15) is 0 Å². The van der Waals surface area contributed by atoms with Gasteiger partial charge in [-0.1, -0.05) is 60.2 Å². The van der Waals surface area contributed by atoms with E-state index in [1.165, 1.54) is 7.11 Å². The Morgan fingerprint density at radius 1 is 1.06 bits per heavy atom. The summed E-state index contributed by atoms with van der Waals surface area (Å²) < 4.78 is 12.2. The summed E-state index contributed by atoms with van der Waals surface area (Å²) in [5.41, 5.74) is 4.46. The van der Waals surface area contributed by atoms with E-state index in [4.69, 9.17) is 4.74 Å². The summed E-state index contributed by atoms with van der Waals surface area (Å²) in [5.74, 6) is -0.379. The Balaban J connectivity index is 1.63. The molecule has 0 spiro atoms. The van der Waals surface area contributed by atoms with E-state index in [1.54, 1.807) is 6.92 Å². The number of aromatic nitrogens is 1. The van der Waals surface area contributed by atoms with Gasteiger partial charge in [-0.15, -0.1) is 0 Å². The predicted molar refractivity (Wildman–Crippen MR) is 121 cm³/mol. The van der Waals surface area contributed by atoms with Gasteiger partial charge >= 0.3 is 5.97 Å². The van der Waals surface area contributed by atoms with E-state index in [1.807, 2.05) is 90.5 Å². The summed E-state index contributed by atoms with van der Waals surface area (Å²) in [6.07, 6.45) is 5.32. The number of rotatable bonds is 9. The molecule has 0 aliphatic rings. The van der Waals surface area contributed by atoms with Crippen LogP contribution in [-0.4, -0.2) is 29.5 Å². The zero-order valence-corrected chi connectivity index (χ0v) is 18.1. The van der Waals surface area contributed by atoms with Crippen molar-refractivity contribution in [2.75, 3.05) is 7.11 Å². The first-order valence-corrected chi connectivity index (χ1v) is 10.2. The molecule has 2 aromatic carbocycles. The topological polar surface area (TPSA) is 57.5 Å². The Labute approximate surface area is 182 Å². The maximum atomic E-state index is 12.8. The summed E-state index contributed by atoms with van der Waals surface area (Å²) in [7, 11) is 1.35. The highest BCUT2D eigenvalue weighted by molar-refractivity contribution is 6.08. The van der Waals surface area contributed by atoms with E-state index >= 15 is 0 Å². The number of hydrogen-bond acceptors (Lipinski definition) is 4. The van der Waals surface area contributed by atoms with Crippen LogP contribution in [0, 0.1) is 6.92 Å². The zero-order valence-electron chi connectivity index (χ0n) is 18.1. The predicted octanol–water partition coefficient (Wildman–Crippen LogP) is 4.82. The molecule has 0 aliphatic carbocycles. The first-order chi connectivity index (χ1) is 15.0. The van der Waals surface area contributed by atoms with Crippen LogP contribution >= 0.6 is 0 Å². The number of esters is 1. The standard InChI is InChI=1S/C26H27NO4/c1-19-11-13-23(14-12-19)25(28)24-10-6-16-27(24)15-5-9-21-7-4-8-22(17-21)18-31-20(2)26(29)30-3/h4-14,16-17,20H,15,18H2,1-3H3/t20-/m1/s1. The second-order valence-corrected chi connectivity index (χ2v) is 7.36. The number of carbonyl (C=O) groups is 2. The number of aryl methyl sites for hydroxylation is 1. The van der Waals surface area contributed by atoms with E-state index in [2.05, 4.69) is 4.74 Å². The van der Waals surface area contributed by atoms with Gasteiger partial charge in [-0.05, 0) is 43.2 Å². The molecule has 160 valence electrons. The SMILES string of the molecule is COC(=O)[C@@H](C)OCc1cccc(C=CCn2cccc2C(=O)c2ccc(C)cc2)c1. The minimum atomic E-state index is -0.609. The van der Waals surface area contributed by atoms with E-state index in [-0.39, 0.29) is 5.78 Å². The molecule has 5 heteroatoms. The number of nitrogens with zero attached hydrogens (tertiary/aromatic N) is 1. The molecular formula is C26H27NO4. The second-order valence-electron chi connectivity index (χ2n) is 7.36. The normalized spacial score (nSPS) is 12.1.